The summed E-state index contributed by atoms with van der Waals surface area (Å²) in [5, 5.41) is 0. The van der Waals surface area contributed by atoms with Gasteiger partial charge in [-0.15, -0.1) is 0 Å². The van der Waals surface area contributed by atoms with Crippen LogP contribution in [0.25, 0.3) is 0 Å². The van der Waals surface area contributed by atoms with Gasteiger partial charge in [-0.25, -0.2) is 8.42 Å². The number of hydrogen-bond donors (Lipinski definition) is 1. The third-order valence-corrected chi connectivity index (χ3v) is 1.96. The zero-order chi connectivity index (χ0) is 11.9. The minimum absolute atomic E-state index is 0.452. The molecular weight excluding hydrogens is 214 g/mol. The van der Waals surface area contributed by atoms with Gasteiger partial charge in [0.05, 0.1) is 6.26 Å². The Hall–Kier alpha value is -1.36. The number of carbonyl (C=O) groups excluding carboxylic acids is 1. The molecule has 0 aliphatic rings. The van der Waals surface area contributed by atoms with E-state index in [-0.39, 0.29) is 0 Å². The minimum atomic E-state index is -3.24. The third kappa shape index (κ3) is 5.85. The maximum absolute atomic E-state index is 10.8. The van der Waals surface area contributed by atoms with Gasteiger partial charge >= 0.3 is 0 Å². The zero-order valence-corrected chi connectivity index (χ0v) is 9.84. The van der Waals surface area contributed by atoms with Crippen molar-refractivity contribution in [2.45, 2.75) is 13.8 Å². The molecule has 0 unspecified atom stereocenters. The molecule has 5 heteroatoms. The molecule has 0 spiro atoms. The Morgan fingerprint density at radius 2 is 1.60 bits per heavy atom. The molecule has 15 heavy (non-hydrogen) atoms. The lowest BCUT2D eigenvalue weighted by Crippen LogP contribution is -2.09. The van der Waals surface area contributed by atoms with Crippen LogP contribution in [0.5, 0.6) is 0 Å². The zero-order valence-electron chi connectivity index (χ0n) is 9.02. The molecule has 84 valence electrons. The lowest BCUT2D eigenvalue weighted by molar-refractivity contribution is 0.112. The van der Waals surface area contributed by atoms with E-state index in [2.05, 4.69) is 4.72 Å². The van der Waals surface area contributed by atoms with E-state index in [1.54, 1.807) is 12.1 Å². The summed E-state index contributed by atoms with van der Waals surface area (Å²) < 4.78 is 23.8. The van der Waals surface area contributed by atoms with Crippen molar-refractivity contribution in [1.29, 1.82) is 0 Å². The Morgan fingerprint density at radius 3 is 1.93 bits per heavy atom. The van der Waals surface area contributed by atoms with Gasteiger partial charge in [0.2, 0.25) is 10.0 Å². The highest BCUT2D eigenvalue weighted by molar-refractivity contribution is 7.92. The molecule has 0 saturated heterocycles. The molecule has 1 N–H and O–H groups in total. The second kappa shape index (κ2) is 6.19. The monoisotopic (exact) mass is 229 g/mol. The Labute approximate surface area is 90.4 Å². The van der Waals surface area contributed by atoms with Crippen LogP contribution < -0.4 is 4.72 Å². The fourth-order valence-electron chi connectivity index (χ4n) is 0.844. The molecule has 4 nitrogen and oxygen atoms in total. The molecule has 0 aromatic heterocycles. The quantitative estimate of drug-likeness (QED) is 0.805. The maximum atomic E-state index is 10.8. The first-order chi connectivity index (χ1) is 7.01. The molecule has 0 atom stereocenters. The Kier molecular flexibility index (Phi) is 5.62. The molecule has 0 saturated carbocycles. The summed E-state index contributed by atoms with van der Waals surface area (Å²) in [5.41, 5.74) is 0.965. The van der Waals surface area contributed by atoms with Gasteiger partial charge in [0.1, 0.15) is 6.29 Å². The highest BCUT2D eigenvalue weighted by atomic mass is 32.2. The van der Waals surface area contributed by atoms with Crippen molar-refractivity contribution in [3.63, 3.8) is 0 Å². The fourth-order valence-corrected chi connectivity index (χ4v) is 1.41. The Morgan fingerprint density at radius 1 is 1.13 bits per heavy atom. The summed E-state index contributed by atoms with van der Waals surface area (Å²) in [5.74, 6) is 0. The molecule has 1 aromatic rings. The molecule has 0 fully saturated rings. The van der Waals surface area contributed by atoms with Gasteiger partial charge in [-0.05, 0) is 24.3 Å². The summed E-state index contributed by atoms with van der Waals surface area (Å²) >= 11 is 0. The number of rotatable bonds is 3. The van der Waals surface area contributed by atoms with Crippen molar-refractivity contribution in [1.82, 2.24) is 0 Å². The molecule has 0 heterocycles. The summed E-state index contributed by atoms with van der Waals surface area (Å²) in [7, 11) is -3.24. The summed E-state index contributed by atoms with van der Waals surface area (Å²) in [6.07, 6.45) is 1.77. The van der Waals surface area contributed by atoms with Crippen LogP contribution in [0, 0.1) is 0 Å². The SMILES string of the molecule is CC.CS(=O)(=O)Nc1ccc(C=O)cc1. The van der Waals surface area contributed by atoms with Gasteiger partial charge in [0.15, 0.2) is 0 Å². The van der Waals surface area contributed by atoms with Crippen molar-refractivity contribution in [3.8, 4) is 0 Å². The van der Waals surface area contributed by atoms with E-state index in [4.69, 9.17) is 0 Å². The second-order valence-corrected chi connectivity index (χ2v) is 4.36. The standard InChI is InChI=1S/C8H9NO3S.C2H6/c1-13(11,12)9-8-4-2-7(6-10)3-5-8;1-2/h2-6,9H,1H3;1-2H3. The predicted octanol–water partition coefficient (Wildman–Crippen LogP) is 1.90. The molecule has 0 bridgehead atoms. The first kappa shape index (κ1) is 13.6. The van der Waals surface area contributed by atoms with Crippen molar-refractivity contribution in [3.05, 3.63) is 29.8 Å². The largest absolute Gasteiger partial charge is 0.298 e. The molecule has 1 rings (SSSR count). The van der Waals surface area contributed by atoms with Crippen LogP contribution in [0.2, 0.25) is 0 Å². The highest BCUT2D eigenvalue weighted by Gasteiger charge is 2.00. The summed E-state index contributed by atoms with van der Waals surface area (Å²) in [6.45, 7) is 4.00. The van der Waals surface area contributed by atoms with Crippen molar-refractivity contribution in [2.75, 3.05) is 11.0 Å². The van der Waals surface area contributed by atoms with Crippen molar-refractivity contribution < 1.29 is 13.2 Å². The van der Waals surface area contributed by atoms with Crippen LogP contribution in [0.1, 0.15) is 24.2 Å². The number of nitrogens with one attached hydrogen (secondary N) is 1. The van der Waals surface area contributed by atoms with E-state index in [0.717, 1.165) is 6.26 Å². The number of hydrogen-bond acceptors (Lipinski definition) is 3. The minimum Gasteiger partial charge on any atom is -0.298 e. The normalized spacial score (nSPS) is 9.80. The van der Waals surface area contributed by atoms with Gasteiger partial charge in [-0.1, -0.05) is 13.8 Å². The van der Waals surface area contributed by atoms with Crippen LogP contribution in [0.15, 0.2) is 24.3 Å². The lowest BCUT2D eigenvalue weighted by atomic mass is 10.2. The maximum Gasteiger partial charge on any atom is 0.229 e. The second-order valence-electron chi connectivity index (χ2n) is 2.61. The number of sulfonamides is 1. The topological polar surface area (TPSA) is 63.2 Å². The van der Waals surface area contributed by atoms with E-state index < -0.39 is 10.0 Å². The van der Waals surface area contributed by atoms with Gasteiger partial charge in [0, 0.05) is 11.3 Å². The molecular formula is C10H15NO3S. The predicted molar refractivity (Wildman–Crippen MR) is 61.6 cm³/mol. The first-order valence-corrected chi connectivity index (χ1v) is 6.43. The molecule has 0 aliphatic heterocycles. The Balaban J connectivity index is 0.000000921. The number of benzene rings is 1. The van der Waals surface area contributed by atoms with Crippen LogP contribution in [0.3, 0.4) is 0 Å². The molecule has 1 aromatic carbocycles. The Bertz CT molecular complexity index is 395. The van der Waals surface area contributed by atoms with E-state index in [1.165, 1.54) is 12.1 Å². The molecule has 0 radical (unpaired) electrons. The number of aldehydes is 1. The smallest absolute Gasteiger partial charge is 0.229 e. The average Bonchev–Trinajstić information content (AvgIpc) is 2.20. The average molecular weight is 229 g/mol. The fraction of sp³-hybridized carbons (Fsp3) is 0.300. The summed E-state index contributed by atoms with van der Waals surface area (Å²) in [6, 6.07) is 6.15. The highest BCUT2D eigenvalue weighted by Crippen LogP contribution is 2.09. The van der Waals surface area contributed by atoms with Gasteiger partial charge in [-0.3, -0.25) is 9.52 Å². The molecule has 0 amide bonds. The van der Waals surface area contributed by atoms with Crippen molar-refractivity contribution >= 4 is 22.0 Å². The van der Waals surface area contributed by atoms with Gasteiger partial charge in [-0.2, -0.15) is 0 Å². The number of carbonyl (C=O) groups is 1. The lowest BCUT2D eigenvalue weighted by Gasteiger charge is -2.02. The molecule has 0 aliphatic carbocycles. The third-order valence-electron chi connectivity index (χ3n) is 1.35. The first-order valence-electron chi connectivity index (χ1n) is 4.54. The van der Waals surface area contributed by atoms with Crippen LogP contribution in [-0.2, 0) is 10.0 Å². The van der Waals surface area contributed by atoms with E-state index in [9.17, 15) is 13.2 Å². The van der Waals surface area contributed by atoms with Gasteiger partial charge in [0.25, 0.3) is 0 Å². The van der Waals surface area contributed by atoms with E-state index in [0.29, 0.717) is 17.5 Å². The van der Waals surface area contributed by atoms with Crippen LogP contribution in [0.4, 0.5) is 5.69 Å². The number of anilines is 1. The van der Waals surface area contributed by atoms with E-state index >= 15 is 0 Å². The van der Waals surface area contributed by atoms with E-state index in [1.807, 2.05) is 13.8 Å². The van der Waals surface area contributed by atoms with Crippen molar-refractivity contribution in [2.24, 2.45) is 0 Å². The van der Waals surface area contributed by atoms with Gasteiger partial charge < -0.3 is 0 Å². The summed E-state index contributed by atoms with van der Waals surface area (Å²) in [4.78, 5) is 10.3. The van der Waals surface area contributed by atoms with Crippen LogP contribution in [-0.4, -0.2) is 21.0 Å². The van der Waals surface area contributed by atoms with Crippen LogP contribution >= 0.6 is 0 Å².